The van der Waals surface area contributed by atoms with Gasteiger partial charge in [0.25, 0.3) is 0 Å². The normalized spacial score (nSPS) is 17.4. The zero-order valence-corrected chi connectivity index (χ0v) is 14.8. The molecule has 0 spiro atoms. The van der Waals surface area contributed by atoms with Crippen LogP contribution < -0.4 is 11.1 Å². The topological polar surface area (TPSA) is 95.7 Å². The molecule has 25 heavy (non-hydrogen) atoms. The Kier molecular flexibility index (Phi) is 6.52. The lowest BCUT2D eigenvalue weighted by Crippen LogP contribution is -2.47. The van der Waals surface area contributed by atoms with Gasteiger partial charge in [0.1, 0.15) is 0 Å². The molecule has 1 aromatic carbocycles. The second-order valence-corrected chi connectivity index (χ2v) is 6.67. The number of nitrogens with one attached hydrogen (secondary N) is 1. The number of aryl methyl sites for hydroxylation is 1. The first-order valence-electron chi connectivity index (χ1n) is 8.47. The summed E-state index contributed by atoms with van der Waals surface area (Å²) in [4.78, 5) is 39.1. The van der Waals surface area contributed by atoms with Crippen LogP contribution in [0.1, 0.15) is 18.4 Å². The van der Waals surface area contributed by atoms with Crippen LogP contribution in [0.5, 0.6) is 0 Å². The summed E-state index contributed by atoms with van der Waals surface area (Å²) in [5.41, 5.74) is 7.19. The minimum Gasteiger partial charge on any atom is -0.369 e. The highest BCUT2D eigenvalue weighted by atomic mass is 16.2. The number of nitrogens with zero attached hydrogens (tertiary/aromatic N) is 2. The second kappa shape index (κ2) is 8.62. The Morgan fingerprint density at radius 2 is 1.92 bits per heavy atom. The van der Waals surface area contributed by atoms with Crippen molar-refractivity contribution in [2.45, 2.75) is 19.8 Å². The average molecular weight is 346 g/mol. The lowest BCUT2D eigenvalue weighted by Gasteiger charge is -2.32. The van der Waals surface area contributed by atoms with E-state index in [0.717, 1.165) is 24.1 Å². The molecule has 0 bridgehead atoms. The predicted octanol–water partition coefficient (Wildman–Crippen LogP) is 0.589. The zero-order valence-electron chi connectivity index (χ0n) is 14.8. The number of nitrogens with two attached hydrogens (primary N) is 1. The van der Waals surface area contributed by atoms with Gasteiger partial charge in [-0.2, -0.15) is 0 Å². The number of anilines is 1. The van der Waals surface area contributed by atoms with E-state index in [0.29, 0.717) is 13.1 Å². The van der Waals surface area contributed by atoms with Gasteiger partial charge in [-0.15, -0.1) is 0 Å². The molecule has 0 aromatic heterocycles. The van der Waals surface area contributed by atoms with Crippen LogP contribution in [0.25, 0.3) is 0 Å². The van der Waals surface area contributed by atoms with Crippen LogP contribution in [-0.4, -0.2) is 60.7 Å². The van der Waals surface area contributed by atoms with E-state index in [2.05, 4.69) is 5.32 Å². The lowest BCUT2D eigenvalue weighted by atomic mass is 9.97. The Morgan fingerprint density at radius 3 is 2.56 bits per heavy atom. The van der Waals surface area contributed by atoms with E-state index in [-0.39, 0.29) is 36.7 Å². The Labute approximate surface area is 148 Å². The number of primary amides is 1. The number of likely N-dealkylation sites (tertiary alicyclic amines) is 1. The molecule has 3 N–H and O–H groups in total. The van der Waals surface area contributed by atoms with Crippen molar-refractivity contribution in [2.24, 2.45) is 11.7 Å². The lowest BCUT2D eigenvalue weighted by molar-refractivity contribution is -0.135. The van der Waals surface area contributed by atoms with Crippen LogP contribution in [0.2, 0.25) is 0 Å². The molecule has 1 aliphatic rings. The summed E-state index contributed by atoms with van der Waals surface area (Å²) in [6, 6.07) is 7.54. The third-order valence-electron chi connectivity index (χ3n) is 4.33. The van der Waals surface area contributed by atoms with Gasteiger partial charge in [0.2, 0.25) is 17.7 Å². The van der Waals surface area contributed by atoms with Crippen molar-refractivity contribution in [3.05, 3.63) is 29.8 Å². The Hall–Kier alpha value is -2.41. The molecular formula is C18H26N4O3. The van der Waals surface area contributed by atoms with Crippen LogP contribution in [-0.2, 0) is 14.4 Å². The maximum Gasteiger partial charge on any atom is 0.238 e. The molecule has 136 valence electrons. The van der Waals surface area contributed by atoms with Crippen molar-refractivity contribution in [1.29, 1.82) is 0 Å². The molecule has 1 fully saturated rings. The summed E-state index contributed by atoms with van der Waals surface area (Å²) in [7, 11) is 1.72. The van der Waals surface area contributed by atoms with E-state index >= 15 is 0 Å². The average Bonchev–Trinajstić information content (AvgIpc) is 2.56. The number of carbonyl (C=O) groups excluding carboxylic acids is 3. The van der Waals surface area contributed by atoms with Gasteiger partial charge in [-0.25, -0.2) is 0 Å². The van der Waals surface area contributed by atoms with E-state index < -0.39 is 0 Å². The van der Waals surface area contributed by atoms with Gasteiger partial charge < -0.3 is 16.0 Å². The monoisotopic (exact) mass is 346 g/mol. The Balaban J connectivity index is 1.79. The minimum absolute atomic E-state index is 0.0865. The second-order valence-electron chi connectivity index (χ2n) is 6.67. The minimum atomic E-state index is -0.358. The van der Waals surface area contributed by atoms with Crippen molar-refractivity contribution in [2.75, 3.05) is 38.5 Å². The standard InChI is InChI=1S/C18H26N4O3/c1-13-5-7-15(8-6-13)20-16(23)11-21(2)12-17(24)22-9-3-4-14(10-22)18(19)25/h5-8,14H,3-4,9-12H2,1-2H3,(H2,19,25)(H,20,23). The van der Waals surface area contributed by atoms with E-state index in [4.69, 9.17) is 5.73 Å². The number of piperidine rings is 1. The van der Waals surface area contributed by atoms with Crippen LogP contribution in [0.4, 0.5) is 5.69 Å². The maximum absolute atomic E-state index is 12.4. The number of rotatable bonds is 6. The summed E-state index contributed by atoms with van der Waals surface area (Å²) in [6.07, 6.45) is 1.50. The fourth-order valence-electron chi connectivity index (χ4n) is 2.91. The van der Waals surface area contributed by atoms with Crippen molar-refractivity contribution in [3.63, 3.8) is 0 Å². The first-order valence-corrected chi connectivity index (χ1v) is 8.47. The van der Waals surface area contributed by atoms with Crippen LogP contribution in [0.3, 0.4) is 0 Å². The number of benzene rings is 1. The van der Waals surface area contributed by atoms with E-state index in [9.17, 15) is 14.4 Å². The van der Waals surface area contributed by atoms with Crippen molar-refractivity contribution < 1.29 is 14.4 Å². The molecule has 7 heteroatoms. The number of likely N-dealkylation sites (N-methyl/N-ethyl adjacent to an activating group) is 1. The molecule has 2 rings (SSSR count). The molecule has 3 amide bonds. The molecule has 1 aromatic rings. The van der Waals surface area contributed by atoms with Crippen LogP contribution in [0, 0.1) is 12.8 Å². The van der Waals surface area contributed by atoms with Gasteiger partial charge in [0, 0.05) is 18.8 Å². The third-order valence-corrected chi connectivity index (χ3v) is 4.33. The van der Waals surface area contributed by atoms with Crippen molar-refractivity contribution in [3.8, 4) is 0 Å². The summed E-state index contributed by atoms with van der Waals surface area (Å²) < 4.78 is 0. The number of carbonyl (C=O) groups is 3. The molecule has 0 aliphatic carbocycles. The largest absolute Gasteiger partial charge is 0.369 e. The highest BCUT2D eigenvalue weighted by Crippen LogP contribution is 2.16. The number of hydrogen-bond donors (Lipinski definition) is 2. The molecule has 0 saturated carbocycles. The molecule has 1 aliphatic heterocycles. The highest BCUT2D eigenvalue weighted by molar-refractivity contribution is 5.92. The third kappa shape index (κ3) is 5.86. The molecular weight excluding hydrogens is 320 g/mol. The molecule has 1 unspecified atom stereocenters. The van der Waals surface area contributed by atoms with E-state index in [1.807, 2.05) is 31.2 Å². The maximum atomic E-state index is 12.4. The molecule has 0 radical (unpaired) electrons. The smallest absolute Gasteiger partial charge is 0.238 e. The quantitative estimate of drug-likeness (QED) is 0.788. The van der Waals surface area contributed by atoms with Gasteiger partial charge in [-0.1, -0.05) is 17.7 Å². The van der Waals surface area contributed by atoms with Gasteiger partial charge >= 0.3 is 0 Å². The summed E-state index contributed by atoms with van der Waals surface area (Å²) >= 11 is 0. The fraction of sp³-hybridized carbons (Fsp3) is 0.500. The number of amides is 3. The fourth-order valence-corrected chi connectivity index (χ4v) is 2.91. The predicted molar refractivity (Wildman–Crippen MR) is 95.8 cm³/mol. The van der Waals surface area contributed by atoms with Crippen molar-refractivity contribution >= 4 is 23.4 Å². The Morgan fingerprint density at radius 1 is 1.24 bits per heavy atom. The van der Waals surface area contributed by atoms with Crippen LogP contribution in [0.15, 0.2) is 24.3 Å². The molecule has 1 saturated heterocycles. The van der Waals surface area contributed by atoms with Gasteiger partial charge in [0.15, 0.2) is 0 Å². The highest BCUT2D eigenvalue weighted by Gasteiger charge is 2.27. The number of hydrogen-bond acceptors (Lipinski definition) is 4. The van der Waals surface area contributed by atoms with Gasteiger partial charge in [0.05, 0.1) is 19.0 Å². The molecule has 7 nitrogen and oxygen atoms in total. The summed E-state index contributed by atoms with van der Waals surface area (Å²) in [6.45, 7) is 3.23. The molecule has 1 heterocycles. The first-order chi connectivity index (χ1) is 11.8. The first kappa shape index (κ1) is 18.9. The SMILES string of the molecule is Cc1ccc(NC(=O)CN(C)CC(=O)N2CCCC(C(N)=O)C2)cc1. The van der Waals surface area contributed by atoms with Gasteiger partial charge in [-0.3, -0.25) is 19.3 Å². The molecule has 1 atom stereocenters. The van der Waals surface area contributed by atoms with E-state index in [1.165, 1.54) is 0 Å². The summed E-state index contributed by atoms with van der Waals surface area (Å²) in [5, 5.41) is 2.81. The summed E-state index contributed by atoms with van der Waals surface area (Å²) in [5.74, 6) is -0.888. The van der Waals surface area contributed by atoms with Gasteiger partial charge in [-0.05, 0) is 38.9 Å². The van der Waals surface area contributed by atoms with E-state index in [1.54, 1.807) is 16.8 Å². The Bertz CT molecular complexity index is 630. The zero-order chi connectivity index (χ0) is 18.4. The van der Waals surface area contributed by atoms with Crippen LogP contribution >= 0.6 is 0 Å². The van der Waals surface area contributed by atoms with Crippen molar-refractivity contribution in [1.82, 2.24) is 9.80 Å².